The van der Waals surface area contributed by atoms with E-state index in [4.69, 9.17) is 0 Å². The van der Waals surface area contributed by atoms with E-state index in [9.17, 15) is 13.2 Å². The zero-order valence-corrected chi connectivity index (χ0v) is 18.8. The van der Waals surface area contributed by atoms with Gasteiger partial charge in [-0.15, -0.1) is 0 Å². The molecule has 1 heterocycles. The molecule has 0 atom stereocenters. The maximum atomic E-state index is 12.9. The van der Waals surface area contributed by atoms with Crippen molar-refractivity contribution in [2.45, 2.75) is 25.7 Å². The molecule has 2 aromatic carbocycles. The van der Waals surface area contributed by atoms with Crippen LogP contribution in [0.5, 0.6) is 0 Å². The summed E-state index contributed by atoms with van der Waals surface area (Å²) in [6.07, 6.45) is 0. The van der Waals surface area contributed by atoms with Crippen molar-refractivity contribution in [3.05, 3.63) is 53.1 Å². The number of carbonyl (C=O) groups excluding carboxylic acids is 1. The Hall–Kier alpha value is -2.42. The number of hydrogen-bond acceptors (Lipinski definition) is 5. The zero-order valence-electron chi connectivity index (χ0n) is 18.0. The summed E-state index contributed by atoms with van der Waals surface area (Å²) in [6.45, 7) is 9.20. The fourth-order valence-corrected chi connectivity index (χ4v) is 4.76. The summed E-state index contributed by atoms with van der Waals surface area (Å²) < 4.78 is 28.4. The lowest BCUT2D eigenvalue weighted by atomic mass is 10.1. The van der Waals surface area contributed by atoms with Crippen LogP contribution in [-0.2, 0) is 10.0 Å². The normalized spacial score (nSPS) is 15.3. The standard InChI is InChI=1S/C22H30N4O3S/c1-5-23-30(28,29)21-15-18(7-9-20(21)26-12-10-25(4)11-13-26)22(27)24-19-8-6-16(2)17(3)14-19/h6-9,14-15,23H,5,10-13H2,1-4H3,(H,24,27). The Labute approximate surface area is 179 Å². The van der Waals surface area contributed by atoms with Crippen LogP contribution in [0, 0.1) is 13.8 Å². The topological polar surface area (TPSA) is 81.7 Å². The monoisotopic (exact) mass is 430 g/mol. The highest BCUT2D eigenvalue weighted by molar-refractivity contribution is 7.89. The van der Waals surface area contributed by atoms with E-state index in [2.05, 4.69) is 19.8 Å². The van der Waals surface area contributed by atoms with Gasteiger partial charge in [0.05, 0.1) is 5.69 Å². The van der Waals surface area contributed by atoms with Gasteiger partial charge < -0.3 is 15.1 Å². The molecule has 2 aromatic rings. The lowest BCUT2D eigenvalue weighted by molar-refractivity contribution is 0.102. The molecule has 0 aliphatic carbocycles. The van der Waals surface area contributed by atoms with E-state index in [0.29, 0.717) is 16.9 Å². The summed E-state index contributed by atoms with van der Waals surface area (Å²) in [5.41, 5.74) is 3.84. The Bertz CT molecular complexity index is 1030. The molecule has 1 fully saturated rings. The molecule has 0 saturated carbocycles. The Morgan fingerprint density at radius 2 is 1.70 bits per heavy atom. The van der Waals surface area contributed by atoms with Gasteiger partial charge in [0.25, 0.3) is 5.91 Å². The SMILES string of the molecule is CCNS(=O)(=O)c1cc(C(=O)Nc2ccc(C)c(C)c2)ccc1N1CCN(C)CC1. The first-order valence-electron chi connectivity index (χ1n) is 10.2. The maximum absolute atomic E-state index is 12.9. The average molecular weight is 431 g/mol. The van der Waals surface area contributed by atoms with Crippen molar-refractivity contribution in [3.8, 4) is 0 Å². The van der Waals surface area contributed by atoms with Crippen molar-refractivity contribution in [2.24, 2.45) is 0 Å². The second-order valence-electron chi connectivity index (χ2n) is 7.73. The van der Waals surface area contributed by atoms with Crippen LogP contribution in [0.1, 0.15) is 28.4 Å². The molecule has 1 aliphatic heterocycles. The molecular formula is C22H30N4O3S. The number of aryl methyl sites for hydroxylation is 2. The molecule has 0 unspecified atom stereocenters. The summed E-state index contributed by atoms with van der Waals surface area (Å²) in [5, 5.41) is 2.87. The van der Waals surface area contributed by atoms with Gasteiger partial charge in [0.2, 0.25) is 10.0 Å². The van der Waals surface area contributed by atoms with Crippen molar-refractivity contribution in [1.82, 2.24) is 9.62 Å². The summed E-state index contributed by atoms with van der Waals surface area (Å²) in [4.78, 5) is 17.2. The third-order valence-electron chi connectivity index (χ3n) is 5.45. The first-order chi connectivity index (χ1) is 14.2. The van der Waals surface area contributed by atoms with Crippen LogP contribution in [0.3, 0.4) is 0 Å². The number of likely N-dealkylation sites (N-methyl/N-ethyl adjacent to an activating group) is 1. The first-order valence-corrected chi connectivity index (χ1v) is 11.7. The highest BCUT2D eigenvalue weighted by Gasteiger charge is 2.25. The first kappa shape index (κ1) is 22.3. The predicted octanol–water partition coefficient (Wildman–Crippen LogP) is 2.61. The number of carbonyl (C=O) groups is 1. The van der Waals surface area contributed by atoms with E-state index in [-0.39, 0.29) is 17.3 Å². The minimum Gasteiger partial charge on any atom is -0.368 e. The van der Waals surface area contributed by atoms with Gasteiger partial charge in [-0.3, -0.25) is 4.79 Å². The van der Waals surface area contributed by atoms with Gasteiger partial charge in [0.1, 0.15) is 4.90 Å². The van der Waals surface area contributed by atoms with Crippen LogP contribution >= 0.6 is 0 Å². The number of nitrogens with one attached hydrogen (secondary N) is 2. The summed E-state index contributed by atoms with van der Waals surface area (Å²) >= 11 is 0. The summed E-state index contributed by atoms with van der Waals surface area (Å²) in [6, 6.07) is 10.6. The molecule has 1 aliphatic rings. The van der Waals surface area contributed by atoms with E-state index in [1.165, 1.54) is 6.07 Å². The van der Waals surface area contributed by atoms with E-state index >= 15 is 0 Å². The molecule has 0 bridgehead atoms. The Morgan fingerprint density at radius 1 is 1.00 bits per heavy atom. The Morgan fingerprint density at radius 3 is 2.33 bits per heavy atom. The lowest BCUT2D eigenvalue weighted by Gasteiger charge is -2.35. The zero-order chi connectivity index (χ0) is 21.9. The van der Waals surface area contributed by atoms with Gasteiger partial charge >= 0.3 is 0 Å². The lowest BCUT2D eigenvalue weighted by Crippen LogP contribution is -2.45. The number of rotatable bonds is 6. The highest BCUT2D eigenvalue weighted by atomic mass is 32.2. The number of piperazine rings is 1. The maximum Gasteiger partial charge on any atom is 0.255 e. The third kappa shape index (κ3) is 5.00. The molecule has 30 heavy (non-hydrogen) atoms. The second-order valence-corrected chi connectivity index (χ2v) is 9.46. The minimum atomic E-state index is -3.73. The number of anilines is 2. The van der Waals surface area contributed by atoms with Crippen LogP contribution in [0.15, 0.2) is 41.3 Å². The van der Waals surface area contributed by atoms with Crippen molar-refractivity contribution < 1.29 is 13.2 Å². The summed E-state index contributed by atoms with van der Waals surface area (Å²) in [7, 11) is -1.68. The van der Waals surface area contributed by atoms with Gasteiger partial charge in [-0.1, -0.05) is 13.0 Å². The number of nitrogens with zero attached hydrogens (tertiary/aromatic N) is 2. The van der Waals surface area contributed by atoms with E-state index < -0.39 is 10.0 Å². The smallest absolute Gasteiger partial charge is 0.255 e. The van der Waals surface area contributed by atoms with Crippen molar-refractivity contribution in [1.29, 1.82) is 0 Å². The van der Waals surface area contributed by atoms with Gasteiger partial charge in [-0.2, -0.15) is 0 Å². The van der Waals surface area contributed by atoms with E-state index in [0.717, 1.165) is 37.3 Å². The van der Waals surface area contributed by atoms with Gasteiger partial charge in [-0.25, -0.2) is 13.1 Å². The molecule has 8 heteroatoms. The molecule has 3 rings (SSSR count). The summed E-state index contributed by atoms with van der Waals surface area (Å²) in [5.74, 6) is -0.337. The molecular weight excluding hydrogens is 400 g/mol. The van der Waals surface area contributed by atoms with Crippen molar-refractivity contribution in [2.75, 3.05) is 50.0 Å². The highest BCUT2D eigenvalue weighted by Crippen LogP contribution is 2.28. The predicted molar refractivity (Wildman–Crippen MR) is 121 cm³/mol. The molecule has 1 amide bonds. The fourth-order valence-electron chi connectivity index (χ4n) is 3.47. The molecule has 0 spiro atoms. The number of sulfonamides is 1. The van der Waals surface area contributed by atoms with Crippen molar-refractivity contribution in [3.63, 3.8) is 0 Å². The Balaban J connectivity index is 1.94. The molecule has 0 aromatic heterocycles. The quantitative estimate of drug-likeness (QED) is 0.736. The van der Waals surface area contributed by atoms with Crippen LogP contribution in [0.4, 0.5) is 11.4 Å². The molecule has 162 valence electrons. The van der Waals surface area contributed by atoms with Crippen LogP contribution in [0.2, 0.25) is 0 Å². The van der Waals surface area contributed by atoms with Gasteiger partial charge in [0, 0.05) is 44.0 Å². The van der Waals surface area contributed by atoms with Crippen LogP contribution < -0.4 is 14.9 Å². The van der Waals surface area contributed by atoms with E-state index in [1.54, 1.807) is 19.1 Å². The third-order valence-corrected chi connectivity index (χ3v) is 7.03. The van der Waals surface area contributed by atoms with Gasteiger partial charge in [-0.05, 0) is 62.4 Å². The fraction of sp³-hybridized carbons (Fsp3) is 0.409. The van der Waals surface area contributed by atoms with Crippen LogP contribution in [0.25, 0.3) is 0 Å². The minimum absolute atomic E-state index is 0.140. The number of hydrogen-bond donors (Lipinski definition) is 2. The Kier molecular flexibility index (Phi) is 6.80. The second kappa shape index (κ2) is 9.16. The molecule has 7 nitrogen and oxygen atoms in total. The number of amides is 1. The number of benzene rings is 2. The van der Waals surface area contributed by atoms with E-state index in [1.807, 2.05) is 39.1 Å². The van der Waals surface area contributed by atoms with Gasteiger partial charge in [0.15, 0.2) is 0 Å². The molecule has 1 saturated heterocycles. The van der Waals surface area contributed by atoms with Crippen molar-refractivity contribution >= 4 is 27.3 Å². The largest absolute Gasteiger partial charge is 0.368 e. The average Bonchev–Trinajstić information content (AvgIpc) is 2.71. The molecule has 2 N–H and O–H groups in total. The molecule has 0 radical (unpaired) electrons. The van der Waals surface area contributed by atoms with Crippen LogP contribution in [-0.4, -0.2) is 59.0 Å².